The molecule has 6 heteroatoms. The van der Waals surface area contributed by atoms with E-state index >= 15 is 0 Å². The van der Waals surface area contributed by atoms with Crippen LogP contribution in [0.25, 0.3) is 0 Å². The van der Waals surface area contributed by atoms with Crippen LogP contribution in [-0.4, -0.2) is 32.1 Å². The molecule has 2 rings (SSSR count). The first-order valence-corrected chi connectivity index (χ1v) is 7.23. The van der Waals surface area contributed by atoms with E-state index in [1.807, 2.05) is 42.5 Å². The maximum atomic E-state index is 11.8. The van der Waals surface area contributed by atoms with Crippen molar-refractivity contribution in [3.63, 3.8) is 0 Å². The number of hydrogen-bond donors (Lipinski definition) is 3. The highest BCUT2D eigenvalue weighted by molar-refractivity contribution is 5.94. The summed E-state index contributed by atoms with van der Waals surface area (Å²) in [6, 6.07) is 16.4. The molecule has 0 aromatic heterocycles. The van der Waals surface area contributed by atoms with E-state index in [2.05, 4.69) is 15.6 Å². The smallest absolute Gasteiger partial charge is 0.251 e. The van der Waals surface area contributed by atoms with Crippen LogP contribution in [0.15, 0.2) is 59.6 Å². The Hall–Kier alpha value is -3.02. The number of amides is 1. The Balaban J connectivity index is 1.75. The molecule has 0 atom stereocenters. The molecule has 0 saturated carbocycles. The summed E-state index contributed by atoms with van der Waals surface area (Å²) in [4.78, 5) is 16.0. The number of aliphatic imine (C=N–C) groups is 1. The maximum Gasteiger partial charge on any atom is 0.251 e. The van der Waals surface area contributed by atoms with Crippen molar-refractivity contribution in [2.45, 2.75) is 0 Å². The number of ether oxygens (including phenoxy) is 1. The van der Waals surface area contributed by atoms with E-state index in [1.54, 1.807) is 19.2 Å². The lowest BCUT2D eigenvalue weighted by Gasteiger charge is -2.07. The summed E-state index contributed by atoms with van der Waals surface area (Å²) in [5, 5.41) is 5.76. The molecule has 0 bridgehead atoms. The van der Waals surface area contributed by atoms with Gasteiger partial charge in [-0.15, -0.1) is 0 Å². The Kier molecular flexibility index (Phi) is 5.99. The van der Waals surface area contributed by atoms with Gasteiger partial charge in [-0.05, 0) is 36.4 Å². The Labute approximate surface area is 135 Å². The number of nitrogens with two attached hydrogens (primary N) is 1. The van der Waals surface area contributed by atoms with Crippen LogP contribution in [0, 0.1) is 0 Å². The second kappa shape index (κ2) is 8.43. The quantitative estimate of drug-likeness (QED) is 0.431. The molecule has 0 radical (unpaired) electrons. The minimum atomic E-state index is -0.123. The van der Waals surface area contributed by atoms with Gasteiger partial charge in [0.05, 0.1) is 13.7 Å². The summed E-state index contributed by atoms with van der Waals surface area (Å²) in [6.45, 7) is 0.812. The fraction of sp³-hybridized carbons (Fsp3) is 0.176. The number of methoxy groups -OCH3 is 1. The van der Waals surface area contributed by atoms with Crippen LogP contribution >= 0.6 is 0 Å². The zero-order valence-corrected chi connectivity index (χ0v) is 13.0. The zero-order chi connectivity index (χ0) is 16.5. The predicted octanol–water partition coefficient (Wildman–Crippen LogP) is 1.85. The standard InChI is InChI=1S/C17H20N4O2/c1-23-15-9-7-14(8-10-15)21-17(18)20-12-11-19-16(22)13-5-3-2-4-6-13/h2-10H,11-12H2,1H3,(H,19,22)(H3,18,20,21). The van der Waals surface area contributed by atoms with Gasteiger partial charge in [0.2, 0.25) is 0 Å². The van der Waals surface area contributed by atoms with Crippen molar-refractivity contribution in [1.29, 1.82) is 0 Å². The Morgan fingerprint density at radius 2 is 1.83 bits per heavy atom. The third-order valence-corrected chi connectivity index (χ3v) is 3.08. The lowest BCUT2D eigenvalue weighted by Crippen LogP contribution is -2.28. The summed E-state index contributed by atoms with van der Waals surface area (Å²) in [7, 11) is 1.61. The third-order valence-electron chi connectivity index (χ3n) is 3.08. The number of anilines is 1. The fourth-order valence-electron chi connectivity index (χ4n) is 1.90. The van der Waals surface area contributed by atoms with Crippen LogP contribution in [0.5, 0.6) is 5.75 Å². The van der Waals surface area contributed by atoms with E-state index in [0.717, 1.165) is 11.4 Å². The lowest BCUT2D eigenvalue weighted by molar-refractivity contribution is 0.0955. The van der Waals surface area contributed by atoms with E-state index in [0.29, 0.717) is 24.6 Å². The van der Waals surface area contributed by atoms with Gasteiger partial charge in [0.15, 0.2) is 5.96 Å². The molecule has 2 aromatic rings. The average Bonchev–Trinajstić information content (AvgIpc) is 2.60. The highest BCUT2D eigenvalue weighted by Crippen LogP contribution is 2.14. The summed E-state index contributed by atoms with van der Waals surface area (Å²) >= 11 is 0. The minimum absolute atomic E-state index is 0.123. The third kappa shape index (κ3) is 5.35. The van der Waals surface area contributed by atoms with E-state index in [-0.39, 0.29) is 5.91 Å². The second-order valence-electron chi connectivity index (χ2n) is 4.74. The number of nitrogens with zero attached hydrogens (tertiary/aromatic N) is 1. The first-order chi connectivity index (χ1) is 11.2. The topological polar surface area (TPSA) is 88.7 Å². The minimum Gasteiger partial charge on any atom is -0.497 e. The van der Waals surface area contributed by atoms with Crippen molar-refractivity contribution < 1.29 is 9.53 Å². The van der Waals surface area contributed by atoms with Crippen LogP contribution in [-0.2, 0) is 0 Å². The van der Waals surface area contributed by atoms with Gasteiger partial charge in [-0.25, -0.2) is 0 Å². The Morgan fingerprint density at radius 1 is 1.13 bits per heavy atom. The van der Waals surface area contributed by atoms with Gasteiger partial charge in [0.25, 0.3) is 5.91 Å². The molecule has 0 aliphatic carbocycles. The summed E-state index contributed by atoms with van der Waals surface area (Å²) in [5.74, 6) is 0.946. The largest absolute Gasteiger partial charge is 0.497 e. The molecule has 0 saturated heterocycles. The summed E-state index contributed by atoms with van der Waals surface area (Å²) < 4.78 is 5.08. The number of nitrogens with one attached hydrogen (secondary N) is 2. The van der Waals surface area contributed by atoms with Crippen molar-refractivity contribution in [2.75, 3.05) is 25.5 Å². The molecule has 120 valence electrons. The maximum absolute atomic E-state index is 11.8. The second-order valence-corrected chi connectivity index (χ2v) is 4.74. The predicted molar refractivity (Wildman–Crippen MR) is 91.9 cm³/mol. The van der Waals surface area contributed by atoms with Crippen LogP contribution in [0.3, 0.4) is 0 Å². The van der Waals surface area contributed by atoms with Crippen molar-refractivity contribution in [1.82, 2.24) is 5.32 Å². The Bertz CT molecular complexity index is 654. The molecular weight excluding hydrogens is 292 g/mol. The van der Waals surface area contributed by atoms with Crippen LogP contribution < -0.4 is 21.1 Å². The van der Waals surface area contributed by atoms with Crippen LogP contribution in [0.1, 0.15) is 10.4 Å². The monoisotopic (exact) mass is 312 g/mol. The van der Waals surface area contributed by atoms with Gasteiger partial charge in [-0.2, -0.15) is 0 Å². The van der Waals surface area contributed by atoms with Crippen molar-refractivity contribution in [2.24, 2.45) is 10.7 Å². The number of rotatable bonds is 6. The van der Waals surface area contributed by atoms with Gasteiger partial charge in [0, 0.05) is 17.8 Å². The molecule has 0 spiro atoms. The SMILES string of the molecule is COc1ccc(NC(N)=NCCNC(=O)c2ccccc2)cc1. The number of guanidine groups is 1. The number of hydrogen-bond acceptors (Lipinski definition) is 3. The van der Waals surface area contributed by atoms with Gasteiger partial charge >= 0.3 is 0 Å². The molecule has 1 amide bonds. The number of benzene rings is 2. The van der Waals surface area contributed by atoms with E-state index in [9.17, 15) is 4.79 Å². The molecule has 0 aliphatic heterocycles. The van der Waals surface area contributed by atoms with Crippen molar-refractivity contribution in [3.8, 4) is 5.75 Å². The van der Waals surface area contributed by atoms with E-state index < -0.39 is 0 Å². The van der Waals surface area contributed by atoms with Gasteiger partial charge in [0.1, 0.15) is 5.75 Å². The molecule has 2 aromatic carbocycles. The molecule has 0 unspecified atom stereocenters. The van der Waals surface area contributed by atoms with Crippen LogP contribution in [0.2, 0.25) is 0 Å². The van der Waals surface area contributed by atoms with Gasteiger partial charge in [-0.3, -0.25) is 9.79 Å². The van der Waals surface area contributed by atoms with Gasteiger partial charge < -0.3 is 21.1 Å². The van der Waals surface area contributed by atoms with E-state index in [4.69, 9.17) is 10.5 Å². The van der Waals surface area contributed by atoms with Crippen molar-refractivity contribution in [3.05, 3.63) is 60.2 Å². The Morgan fingerprint density at radius 3 is 2.48 bits per heavy atom. The first-order valence-electron chi connectivity index (χ1n) is 7.23. The summed E-state index contributed by atoms with van der Waals surface area (Å²) in [6.07, 6.45) is 0. The molecule has 6 nitrogen and oxygen atoms in total. The zero-order valence-electron chi connectivity index (χ0n) is 13.0. The molecule has 0 heterocycles. The molecule has 0 fully saturated rings. The molecule has 4 N–H and O–H groups in total. The fourth-order valence-corrected chi connectivity index (χ4v) is 1.90. The summed E-state index contributed by atoms with van der Waals surface area (Å²) in [5.41, 5.74) is 7.24. The number of carbonyl (C=O) groups is 1. The first kappa shape index (κ1) is 16.4. The highest BCUT2D eigenvalue weighted by atomic mass is 16.5. The molecule has 0 aliphatic rings. The highest BCUT2D eigenvalue weighted by Gasteiger charge is 2.02. The van der Waals surface area contributed by atoms with Crippen molar-refractivity contribution >= 4 is 17.6 Å². The average molecular weight is 312 g/mol. The van der Waals surface area contributed by atoms with E-state index in [1.165, 1.54) is 0 Å². The van der Waals surface area contributed by atoms with Crippen LogP contribution in [0.4, 0.5) is 5.69 Å². The molecular formula is C17H20N4O2. The van der Waals surface area contributed by atoms with Gasteiger partial charge in [-0.1, -0.05) is 18.2 Å². The lowest BCUT2D eigenvalue weighted by atomic mass is 10.2. The number of carbonyl (C=O) groups excluding carboxylic acids is 1. The molecule has 23 heavy (non-hydrogen) atoms. The normalized spacial score (nSPS) is 10.9.